The number of benzene rings is 3. The van der Waals surface area contributed by atoms with E-state index < -0.39 is 0 Å². The van der Waals surface area contributed by atoms with E-state index in [1.54, 1.807) is 25.3 Å². The molecule has 1 heterocycles. The molecule has 7 nitrogen and oxygen atoms in total. The molecule has 0 saturated carbocycles. The van der Waals surface area contributed by atoms with Crippen molar-refractivity contribution in [3.05, 3.63) is 81.3 Å². The van der Waals surface area contributed by atoms with Crippen molar-refractivity contribution in [3.63, 3.8) is 0 Å². The summed E-state index contributed by atoms with van der Waals surface area (Å²) in [5.41, 5.74) is 3.98. The average Bonchev–Trinajstić information content (AvgIpc) is 2.90. The van der Waals surface area contributed by atoms with Crippen LogP contribution in [0.15, 0.2) is 54.6 Å². The maximum absolute atomic E-state index is 13.0. The van der Waals surface area contributed by atoms with E-state index in [1.165, 1.54) is 0 Å². The second kappa shape index (κ2) is 11.8. The number of ether oxygens (including phenoxy) is 2. The molecule has 9 heteroatoms. The predicted octanol–water partition coefficient (Wildman–Crippen LogP) is 5.60. The number of carbonyl (C=O) groups is 2. The number of nitrogens with zero attached hydrogens (tertiary/aromatic N) is 2. The molecule has 1 fully saturated rings. The van der Waals surface area contributed by atoms with Gasteiger partial charge in [0.05, 0.1) is 12.7 Å². The van der Waals surface area contributed by atoms with Crippen LogP contribution in [0.2, 0.25) is 10.0 Å². The molecule has 3 aromatic rings. The van der Waals surface area contributed by atoms with Crippen molar-refractivity contribution in [3.8, 4) is 11.5 Å². The number of methoxy groups -OCH3 is 1. The molecule has 3 aromatic carbocycles. The zero-order valence-electron chi connectivity index (χ0n) is 21.0. The Bertz CT molecular complexity index is 1270. The molecule has 1 aliphatic heterocycles. The Labute approximate surface area is 226 Å². The average molecular weight is 542 g/mol. The number of rotatable bonds is 7. The number of halogens is 2. The van der Waals surface area contributed by atoms with E-state index in [2.05, 4.69) is 10.2 Å². The van der Waals surface area contributed by atoms with Gasteiger partial charge in [-0.25, -0.2) is 0 Å². The monoisotopic (exact) mass is 541 g/mol. The molecule has 0 aliphatic carbocycles. The van der Waals surface area contributed by atoms with E-state index in [0.29, 0.717) is 59.0 Å². The van der Waals surface area contributed by atoms with Crippen molar-refractivity contribution < 1.29 is 19.1 Å². The highest BCUT2D eigenvalue weighted by molar-refractivity contribution is 6.32. The highest BCUT2D eigenvalue weighted by Gasteiger charge is 2.24. The molecule has 0 bridgehead atoms. The number of hydrogen-bond donors (Lipinski definition) is 1. The first kappa shape index (κ1) is 26.6. The largest absolute Gasteiger partial charge is 0.496 e. The van der Waals surface area contributed by atoms with E-state index in [9.17, 15) is 9.59 Å². The van der Waals surface area contributed by atoms with Crippen molar-refractivity contribution in [1.29, 1.82) is 0 Å². The van der Waals surface area contributed by atoms with Crippen LogP contribution >= 0.6 is 23.2 Å². The normalized spacial score (nSPS) is 13.3. The van der Waals surface area contributed by atoms with Crippen molar-refractivity contribution in [2.75, 3.05) is 50.1 Å². The van der Waals surface area contributed by atoms with Crippen LogP contribution < -0.4 is 19.7 Å². The zero-order chi connectivity index (χ0) is 26.5. The van der Waals surface area contributed by atoms with Crippen LogP contribution in [0.1, 0.15) is 21.5 Å². The van der Waals surface area contributed by atoms with Gasteiger partial charge in [-0.2, -0.15) is 0 Å². The number of aryl methyl sites for hydroxylation is 2. The second-order valence-electron chi connectivity index (χ2n) is 8.88. The predicted molar refractivity (Wildman–Crippen MR) is 148 cm³/mol. The molecule has 0 radical (unpaired) electrons. The molecular formula is C28H29Cl2N3O4. The van der Waals surface area contributed by atoms with Crippen LogP contribution in [0.3, 0.4) is 0 Å². The fraction of sp³-hybridized carbons (Fsp3) is 0.286. The maximum atomic E-state index is 13.0. The Balaban J connectivity index is 1.28. The number of amides is 2. The van der Waals surface area contributed by atoms with Crippen LogP contribution in [0.4, 0.5) is 11.4 Å². The summed E-state index contributed by atoms with van der Waals surface area (Å²) in [4.78, 5) is 29.4. The molecule has 1 N–H and O–H groups in total. The van der Waals surface area contributed by atoms with Crippen LogP contribution in [0.25, 0.3) is 0 Å². The lowest BCUT2D eigenvalue weighted by Crippen LogP contribution is -2.48. The van der Waals surface area contributed by atoms with Gasteiger partial charge in [-0.15, -0.1) is 0 Å². The van der Waals surface area contributed by atoms with Gasteiger partial charge in [0.15, 0.2) is 6.61 Å². The lowest BCUT2D eigenvalue weighted by molar-refractivity contribution is -0.118. The number of anilines is 2. The summed E-state index contributed by atoms with van der Waals surface area (Å²) < 4.78 is 11.0. The Kier molecular flexibility index (Phi) is 8.46. The van der Waals surface area contributed by atoms with Gasteiger partial charge >= 0.3 is 0 Å². The summed E-state index contributed by atoms with van der Waals surface area (Å²) in [6.07, 6.45) is 0. The highest BCUT2D eigenvalue weighted by Crippen LogP contribution is 2.27. The SMILES string of the molecule is COc1ccc(Cl)cc1C(=O)N1CCN(c2ccc(NC(=O)COc3cc(C)c(Cl)c(C)c3)cc2)CC1. The van der Waals surface area contributed by atoms with Gasteiger partial charge in [-0.3, -0.25) is 9.59 Å². The molecule has 2 amide bonds. The topological polar surface area (TPSA) is 71.1 Å². The quantitative estimate of drug-likeness (QED) is 0.421. The molecule has 1 aliphatic rings. The van der Waals surface area contributed by atoms with Crippen molar-refractivity contribution >= 4 is 46.4 Å². The van der Waals surface area contributed by atoms with E-state index in [0.717, 1.165) is 16.8 Å². The third-order valence-electron chi connectivity index (χ3n) is 6.25. The van der Waals surface area contributed by atoms with Gasteiger partial charge in [0.1, 0.15) is 11.5 Å². The lowest BCUT2D eigenvalue weighted by Gasteiger charge is -2.36. The summed E-state index contributed by atoms with van der Waals surface area (Å²) in [5.74, 6) is 0.777. The van der Waals surface area contributed by atoms with E-state index in [-0.39, 0.29) is 18.4 Å². The minimum atomic E-state index is -0.249. The summed E-state index contributed by atoms with van der Waals surface area (Å²) in [6.45, 7) is 6.23. The second-order valence-corrected chi connectivity index (χ2v) is 9.69. The molecule has 37 heavy (non-hydrogen) atoms. The minimum Gasteiger partial charge on any atom is -0.496 e. The maximum Gasteiger partial charge on any atom is 0.262 e. The highest BCUT2D eigenvalue weighted by atomic mass is 35.5. The molecule has 194 valence electrons. The molecule has 4 rings (SSSR count). The third-order valence-corrected chi connectivity index (χ3v) is 7.09. The molecule has 0 aromatic heterocycles. The van der Waals surface area contributed by atoms with Gasteiger partial charge in [0.25, 0.3) is 11.8 Å². The molecule has 0 spiro atoms. The van der Waals surface area contributed by atoms with E-state index in [1.807, 2.05) is 55.1 Å². The minimum absolute atomic E-state index is 0.0943. The van der Waals surface area contributed by atoms with Crippen molar-refractivity contribution in [2.24, 2.45) is 0 Å². The van der Waals surface area contributed by atoms with Gasteiger partial charge < -0.3 is 24.6 Å². The van der Waals surface area contributed by atoms with Gasteiger partial charge in [0.2, 0.25) is 0 Å². The fourth-order valence-electron chi connectivity index (χ4n) is 4.28. The summed E-state index contributed by atoms with van der Waals surface area (Å²) >= 11 is 12.3. The first-order chi connectivity index (χ1) is 17.7. The van der Waals surface area contributed by atoms with Crippen LogP contribution in [0.5, 0.6) is 11.5 Å². The lowest BCUT2D eigenvalue weighted by atomic mass is 10.1. The van der Waals surface area contributed by atoms with Crippen LogP contribution in [-0.4, -0.2) is 56.6 Å². The molecule has 0 unspecified atom stereocenters. The number of hydrogen-bond acceptors (Lipinski definition) is 5. The number of piperazine rings is 1. The van der Waals surface area contributed by atoms with Crippen molar-refractivity contribution in [2.45, 2.75) is 13.8 Å². The Morgan fingerprint density at radius 2 is 1.57 bits per heavy atom. The van der Waals surface area contributed by atoms with Gasteiger partial charge in [-0.05, 0) is 79.6 Å². The van der Waals surface area contributed by atoms with Gasteiger partial charge in [-0.1, -0.05) is 23.2 Å². The number of nitrogens with one attached hydrogen (secondary N) is 1. The van der Waals surface area contributed by atoms with E-state index >= 15 is 0 Å². The first-order valence-electron chi connectivity index (χ1n) is 11.9. The summed E-state index contributed by atoms with van der Waals surface area (Å²) in [6, 6.07) is 16.3. The summed E-state index contributed by atoms with van der Waals surface area (Å²) in [7, 11) is 1.54. The molecular weight excluding hydrogens is 513 g/mol. The Morgan fingerprint density at radius 1 is 0.919 bits per heavy atom. The smallest absolute Gasteiger partial charge is 0.262 e. The van der Waals surface area contributed by atoms with Crippen molar-refractivity contribution in [1.82, 2.24) is 4.90 Å². The Hall–Kier alpha value is -3.42. The fourth-order valence-corrected chi connectivity index (χ4v) is 4.56. The zero-order valence-corrected chi connectivity index (χ0v) is 22.5. The molecule has 1 saturated heterocycles. The Morgan fingerprint density at radius 3 is 2.19 bits per heavy atom. The van der Waals surface area contributed by atoms with E-state index in [4.69, 9.17) is 32.7 Å². The first-order valence-corrected chi connectivity index (χ1v) is 12.7. The summed E-state index contributed by atoms with van der Waals surface area (Å²) in [5, 5.41) is 4.05. The standard InChI is InChI=1S/C28H29Cl2N3O4/c1-18-14-23(15-19(2)27(18)30)37-17-26(34)31-21-5-7-22(8-6-21)32-10-12-33(13-11-32)28(35)24-16-20(29)4-9-25(24)36-3/h4-9,14-16H,10-13,17H2,1-3H3,(H,31,34). The van der Waals surface area contributed by atoms with Crippen LogP contribution in [-0.2, 0) is 4.79 Å². The van der Waals surface area contributed by atoms with Crippen LogP contribution in [0, 0.1) is 13.8 Å². The third kappa shape index (κ3) is 6.48. The number of carbonyl (C=O) groups excluding carboxylic acids is 2. The van der Waals surface area contributed by atoms with Gasteiger partial charge in [0, 0.05) is 47.6 Å². The molecule has 0 atom stereocenters.